The quantitative estimate of drug-likeness (QED) is 0.908. The van der Waals surface area contributed by atoms with Gasteiger partial charge in [0.2, 0.25) is 0 Å². The second-order valence-electron chi connectivity index (χ2n) is 4.80. The Hall–Kier alpha value is -1.52. The molecule has 0 fully saturated rings. The minimum Gasteiger partial charge on any atom is -0.491 e. The number of hydrogen-bond acceptors (Lipinski definition) is 3. The van der Waals surface area contributed by atoms with E-state index < -0.39 is 0 Å². The third kappa shape index (κ3) is 2.53. The number of halogens is 1. The maximum Gasteiger partial charge on any atom is 0.142 e. The van der Waals surface area contributed by atoms with E-state index in [1.54, 1.807) is 0 Å². The molecule has 2 aromatic carbocycles. The summed E-state index contributed by atoms with van der Waals surface area (Å²) in [4.78, 5) is 2.30. The van der Waals surface area contributed by atoms with Crippen LogP contribution < -0.4 is 15.4 Å². The summed E-state index contributed by atoms with van der Waals surface area (Å²) < 4.78 is 6.87. The lowest BCUT2D eigenvalue weighted by Crippen LogP contribution is -2.20. The molecule has 104 valence electrons. The Balaban J connectivity index is 2.10. The van der Waals surface area contributed by atoms with Crippen molar-refractivity contribution in [3.8, 4) is 5.75 Å². The van der Waals surface area contributed by atoms with Crippen molar-refractivity contribution in [1.29, 1.82) is 0 Å². The largest absolute Gasteiger partial charge is 0.491 e. The number of benzene rings is 2. The van der Waals surface area contributed by atoms with Gasteiger partial charge in [0.15, 0.2) is 0 Å². The molecule has 1 aliphatic heterocycles. The van der Waals surface area contributed by atoms with Crippen molar-refractivity contribution in [2.45, 2.75) is 13.0 Å². The number of fused-ring (bicyclic) bond motifs is 1. The number of para-hydroxylation sites is 2. The maximum absolute atomic E-state index is 5.91. The molecule has 0 aromatic heterocycles. The van der Waals surface area contributed by atoms with Crippen LogP contribution in [0.15, 0.2) is 46.9 Å². The Morgan fingerprint density at radius 2 is 2.00 bits per heavy atom. The summed E-state index contributed by atoms with van der Waals surface area (Å²) >= 11 is 3.51. The summed E-state index contributed by atoms with van der Waals surface area (Å²) in [6.45, 7) is 2.21. The van der Waals surface area contributed by atoms with Crippen molar-refractivity contribution >= 4 is 27.3 Å². The zero-order valence-corrected chi connectivity index (χ0v) is 12.8. The van der Waals surface area contributed by atoms with Gasteiger partial charge < -0.3 is 15.4 Å². The summed E-state index contributed by atoms with van der Waals surface area (Å²) in [5.74, 6) is 0.941. The molecule has 3 nitrogen and oxygen atoms in total. The molecule has 0 unspecified atom stereocenters. The van der Waals surface area contributed by atoms with Gasteiger partial charge in [-0.2, -0.15) is 0 Å². The van der Waals surface area contributed by atoms with Crippen LogP contribution in [0.3, 0.4) is 0 Å². The lowest BCUT2D eigenvalue weighted by atomic mass is 10.1. The molecule has 0 saturated heterocycles. The topological polar surface area (TPSA) is 38.5 Å². The van der Waals surface area contributed by atoms with Gasteiger partial charge in [-0.15, -0.1) is 0 Å². The fourth-order valence-electron chi connectivity index (χ4n) is 2.56. The van der Waals surface area contributed by atoms with E-state index in [4.69, 9.17) is 10.5 Å². The second-order valence-corrected chi connectivity index (χ2v) is 5.71. The van der Waals surface area contributed by atoms with Crippen LogP contribution in [0.25, 0.3) is 0 Å². The van der Waals surface area contributed by atoms with Crippen molar-refractivity contribution in [1.82, 2.24) is 0 Å². The molecule has 4 heteroatoms. The lowest BCUT2D eigenvalue weighted by molar-refractivity contribution is 0.322. The SMILES string of the molecule is NCc1cc(Br)ccc1N1CCCOc2ccccc21. The molecule has 0 aliphatic carbocycles. The van der Waals surface area contributed by atoms with Gasteiger partial charge >= 0.3 is 0 Å². The maximum atomic E-state index is 5.91. The van der Waals surface area contributed by atoms with E-state index in [1.807, 2.05) is 18.2 Å². The Kier molecular flexibility index (Phi) is 3.94. The molecule has 3 rings (SSSR count). The van der Waals surface area contributed by atoms with Crippen LogP contribution in [-0.2, 0) is 6.54 Å². The summed E-state index contributed by atoms with van der Waals surface area (Å²) in [6.07, 6.45) is 0.995. The molecule has 20 heavy (non-hydrogen) atoms. The second kappa shape index (κ2) is 5.85. The summed E-state index contributed by atoms with van der Waals surface area (Å²) in [5, 5.41) is 0. The molecule has 2 N–H and O–H groups in total. The predicted molar refractivity (Wildman–Crippen MR) is 85.6 cm³/mol. The minimum atomic E-state index is 0.522. The van der Waals surface area contributed by atoms with Crippen LogP contribution in [-0.4, -0.2) is 13.2 Å². The first-order chi connectivity index (χ1) is 9.79. The number of rotatable bonds is 2. The van der Waals surface area contributed by atoms with E-state index in [2.05, 4.69) is 45.1 Å². The summed E-state index contributed by atoms with van der Waals surface area (Å²) in [5.41, 5.74) is 9.32. The van der Waals surface area contributed by atoms with Crippen molar-refractivity contribution in [2.75, 3.05) is 18.1 Å². The fourth-order valence-corrected chi connectivity index (χ4v) is 2.97. The molecule has 0 atom stereocenters. The van der Waals surface area contributed by atoms with Crippen LogP contribution in [0.4, 0.5) is 11.4 Å². The Morgan fingerprint density at radius 1 is 1.15 bits per heavy atom. The van der Waals surface area contributed by atoms with Crippen LogP contribution in [0.5, 0.6) is 5.75 Å². The molecule has 0 radical (unpaired) electrons. The molecule has 0 saturated carbocycles. The molecule has 0 spiro atoms. The highest BCUT2D eigenvalue weighted by Gasteiger charge is 2.19. The van der Waals surface area contributed by atoms with Gasteiger partial charge in [0.05, 0.1) is 12.3 Å². The van der Waals surface area contributed by atoms with Crippen LogP contribution >= 0.6 is 15.9 Å². The lowest BCUT2D eigenvalue weighted by Gasteiger charge is -2.26. The minimum absolute atomic E-state index is 0.522. The van der Waals surface area contributed by atoms with Gasteiger partial charge in [0, 0.05) is 23.2 Å². The van der Waals surface area contributed by atoms with E-state index in [-0.39, 0.29) is 0 Å². The molecule has 1 heterocycles. The molecule has 0 amide bonds. The van der Waals surface area contributed by atoms with Gasteiger partial charge in [0.1, 0.15) is 5.75 Å². The number of nitrogens with zero attached hydrogens (tertiary/aromatic N) is 1. The smallest absolute Gasteiger partial charge is 0.142 e. The third-order valence-corrected chi connectivity index (χ3v) is 3.99. The van der Waals surface area contributed by atoms with Gasteiger partial charge in [-0.1, -0.05) is 28.1 Å². The van der Waals surface area contributed by atoms with Crippen molar-refractivity contribution < 1.29 is 4.74 Å². The van der Waals surface area contributed by atoms with Crippen molar-refractivity contribution in [3.05, 3.63) is 52.5 Å². The molecular formula is C16H17BrN2O. The summed E-state index contributed by atoms with van der Waals surface area (Å²) in [6, 6.07) is 14.4. The normalized spacial score (nSPS) is 14.4. The number of ether oxygens (including phenoxy) is 1. The molecule has 0 bridgehead atoms. The van der Waals surface area contributed by atoms with E-state index in [9.17, 15) is 0 Å². The highest BCUT2D eigenvalue weighted by molar-refractivity contribution is 9.10. The van der Waals surface area contributed by atoms with E-state index >= 15 is 0 Å². The first-order valence-corrected chi connectivity index (χ1v) is 7.57. The van der Waals surface area contributed by atoms with Crippen molar-refractivity contribution in [3.63, 3.8) is 0 Å². The Labute approximate surface area is 127 Å². The van der Waals surface area contributed by atoms with Crippen LogP contribution in [0.2, 0.25) is 0 Å². The fraction of sp³-hybridized carbons (Fsp3) is 0.250. The molecular weight excluding hydrogens is 316 g/mol. The zero-order valence-electron chi connectivity index (χ0n) is 11.2. The standard InChI is InChI=1S/C16H17BrN2O/c17-13-6-7-14(12(10-13)11-18)19-8-3-9-20-16-5-2-1-4-15(16)19/h1-2,4-7,10H,3,8-9,11,18H2. The predicted octanol–water partition coefficient (Wildman–Crippen LogP) is 3.83. The van der Waals surface area contributed by atoms with E-state index in [0.29, 0.717) is 6.54 Å². The van der Waals surface area contributed by atoms with Crippen LogP contribution in [0, 0.1) is 0 Å². The number of nitrogens with two attached hydrogens (primary N) is 1. The van der Waals surface area contributed by atoms with Gasteiger partial charge in [-0.05, 0) is 42.3 Å². The van der Waals surface area contributed by atoms with Gasteiger partial charge in [-0.25, -0.2) is 0 Å². The Bertz CT molecular complexity index is 615. The molecule has 2 aromatic rings. The van der Waals surface area contributed by atoms with E-state index in [1.165, 1.54) is 0 Å². The number of hydrogen-bond donors (Lipinski definition) is 1. The van der Waals surface area contributed by atoms with Gasteiger partial charge in [0.25, 0.3) is 0 Å². The highest BCUT2D eigenvalue weighted by atomic mass is 79.9. The first-order valence-electron chi connectivity index (χ1n) is 6.77. The Morgan fingerprint density at radius 3 is 2.85 bits per heavy atom. The van der Waals surface area contributed by atoms with Crippen molar-refractivity contribution in [2.24, 2.45) is 5.73 Å². The average Bonchev–Trinajstić information content (AvgIpc) is 2.69. The first kappa shape index (κ1) is 13.5. The molecule has 1 aliphatic rings. The summed E-state index contributed by atoms with van der Waals surface area (Å²) in [7, 11) is 0. The highest BCUT2D eigenvalue weighted by Crippen LogP contribution is 2.37. The monoisotopic (exact) mass is 332 g/mol. The van der Waals surface area contributed by atoms with Gasteiger partial charge in [-0.3, -0.25) is 0 Å². The average molecular weight is 333 g/mol. The third-order valence-electron chi connectivity index (χ3n) is 3.49. The van der Waals surface area contributed by atoms with Crippen LogP contribution in [0.1, 0.15) is 12.0 Å². The zero-order chi connectivity index (χ0) is 13.9. The van der Waals surface area contributed by atoms with E-state index in [0.717, 1.165) is 46.7 Å². The number of anilines is 2.